The van der Waals surface area contributed by atoms with Crippen LogP contribution in [0.3, 0.4) is 0 Å². The van der Waals surface area contributed by atoms with Crippen LogP contribution in [0.4, 0.5) is 0 Å². The third-order valence-corrected chi connectivity index (χ3v) is 9.94. The summed E-state index contributed by atoms with van der Waals surface area (Å²) in [6.07, 6.45) is 31.6. The maximum absolute atomic E-state index is 4.02. The SMILES string of the molecule is CCCCCCCC(CCCCC)NCCC1CC2(CCN(CCC(CCCC)CCCC)CC2)C1. The van der Waals surface area contributed by atoms with Crippen LogP contribution in [0.1, 0.15) is 169 Å². The zero-order valence-corrected chi connectivity index (χ0v) is 25.6. The molecule has 2 heteroatoms. The normalized spacial score (nSPS) is 19.2. The lowest BCUT2D eigenvalue weighted by Gasteiger charge is -2.52. The highest BCUT2D eigenvalue weighted by molar-refractivity contribution is 4.97. The fourth-order valence-corrected chi connectivity index (χ4v) is 7.29. The molecule has 36 heavy (non-hydrogen) atoms. The first-order chi connectivity index (χ1) is 17.6. The number of nitrogens with zero attached hydrogens (tertiary/aromatic N) is 1. The van der Waals surface area contributed by atoms with Gasteiger partial charge in [-0.15, -0.1) is 0 Å². The molecule has 1 aliphatic heterocycles. The van der Waals surface area contributed by atoms with Gasteiger partial charge in [-0.1, -0.05) is 118 Å². The summed E-state index contributed by atoms with van der Waals surface area (Å²) in [5, 5.41) is 4.02. The summed E-state index contributed by atoms with van der Waals surface area (Å²) in [7, 11) is 0. The van der Waals surface area contributed by atoms with Crippen LogP contribution >= 0.6 is 0 Å². The summed E-state index contributed by atoms with van der Waals surface area (Å²) in [6, 6.07) is 0.786. The highest BCUT2D eigenvalue weighted by Gasteiger charge is 2.45. The molecule has 0 aromatic heterocycles. The van der Waals surface area contributed by atoms with Crippen molar-refractivity contribution in [1.82, 2.24) is 10.2 Å². The Morgan fingerprint density at radius 2 is 1.22 bits per heavy atom. The van der Waals surface area contributed by atoms with Crippen LogP contribution < -0.4 is 5.32 Å². The maximum atomic E-state index is 4.02. The molecular weight excluding hydrogens is 436 g/mol. The molecular formula is C34H68N2. The molecule has 1 saturated heterocycles. The molecule has 1 heterocycles. The standard InChI is InChI=1S/C34H68N2/c1-5-9-13-14-16-20-33(19-15-10-6-2)35-25-21-32-29-34(30-32)23-27-36(28-24-34)26-22-31(17-11-7-3)18-12-8-4/h31-33,35H,5-30H2,1-4H3. The molecule has 2 fully saturated rings. The van der Waals surface area contributed by atoms with Gasteiger partial charge in [0.05, 0.1) is 0 Å². The van der Waals surface area contributed by atoms with Gasteiger partial charge in [-0.2, -0.15) is 0 Å². The lowest BCUT2D eigenvalue weighted by atomic mass is 9.57. The Morgan fingerprint density at radius 3 is 1.83 bits per heavy atom. The molecule has 2 rings (SSSR count). The predicted molar refractivity (Wildman–Crippen MR) is 162 cm³/mol. The van der Waals surface area contributed by atoms with E-state index < -0.39 is 0 Å². The van der Waals surface area contributed by atoms with E-state index in [1.807, 2.05) is 0 Å². The van der Waals surface area contributed by atoms with Crippen molar-refractivity contribution < 1.29 is 0 Å². The zero-order chi connectivity index (χ0) is 25.9. The first-order valence-corrected chi connectivity index (χ1v) is 17.1. The number of hydrogen-bond donors (Lipinski definition) is 1. The van der Waals surface area contributed by atoms with Crippen LogP contribution in [0.2, 0.25) is 0 Å². The van der Waals surface area contributed by atoms with Crippen molar-refractivity contribution in [3.8, 4) is 0 Å². The van der Waals surface area contributed by atoms with Crippen LogP contribution in [0.15, 0.2) is 0 Å². The van der Waals surface area contributed by atoms with E-state index in [9.17, 15) is 0 Å². The molecule has 1 atom stereocenters. The molecule has 0 radical (unpaired) electrons. The maximum Gasteiger partial charge on any atom is 0.00670 e. The molecule has 1 saturated carbocycles. The largest absolute Gasteiger partial charge is 0.314 e. The van der Waals surface area contributed by atoms with Crippen LogP contribution in [-0.2, 0) is 0 Å². The van der Waals surface area contributed by atoms with E-state index in [4.69, 9.17) is 0 Å². The number of hydrogen-bond acceptors (Lipinski definition) is 2. The summed E-state index contributed by atoms with van der Waals surface area (Å²) in [5.41, 5.74) is 0.741. The van der Waals surface area contributed by atoms with Gasteiger partial charge >= 0.3 is 0 Å². The highest BCUT2D eigenvalue weighted by atomic mass is 15.1. The Hall–Kier alpha value is -0.0800. The second kappa shape index (κ2) is 19.9. The van der Waals surface area contributed by atoms with Crippen LogP contribution in [0.25, 0.3) is 0 Å². The van der Waals surface area contributed by atoms with Crippen molar-refractivity contribution in [1.29, 1.82) is 0 Å². The lowest BCUT2D eigenvalue weighted by Crippen LogP contribution is -2.48. The molecule has 1 unspecified atom stereocenters. The van der Waals surface area contributed by atoms with E-state index in [1.165, 1.54) is 167 Å². The van der Waals surface area contributed by atoms with Crippen LogP contribution in [0, 0.1) is 17.3 Å². The molecule has 1 spiro atoms. The van der Waals surface area contributed by atoms with Gasteiger partial charge in [0, 0.05) is 6.04 Å². The molecule has 0 aromatic rings. The van der Waals surface area contributed by atoms with Gasteiger partial charge in [0.1, 0.15) is 0 Å². The summed E-state index contributed by atoms with van der Waals surface area (Å²) >= 11 is 0. The summed E-state index contributed by atoms with van der Waals surface area (Å²) < 4.78 is 0. The minimum Gasteiger partial charge on any atom is -0.314 e. The van der Waals surface area contributed by atoms with E-state index in [-0.39, 0.29) is 0 Å². The summed E-state index contributed by atoms with van der Waals surface area (Å²) in [6.45, 7) is 14.8. The molecule has 2 nitrogen and oxygen atoms in total. The second-order valence-electron chi connectivity index (χ2n) is 13.2. The molecule has 0 aromatic carbocycles. The Morgan fingerprint density at radius 1 is 0.667 bits per heavy atom. The van der Waals surface area contributed by atoms with Gasteiger partial charge in [-0.05, 0) is 94.8 Å². The van der Waals surface area contributed by atoms with Crippen molar-refractivity contribution in [2.75, 3.05) is 26.2 Å². The molecule has 0 amide bonds. The molecule has 2 aliphatic rings. The number of unbranched alkanes of at least 4 members (excludes halogenated alkanes) is 8. The quantitative estimate of drug-likeness (QED) is 0.139. The van der Waals surface area contributed by atoms with Crippen molar-refractivity contribution in [2.24, 2.45) is 17.3 Å². The Balaban J connectivity index is 1.59. The lowest BCUT2D eigenvalue weighted by molar-refractivity contribution is -0.0172. The summed E-state index contributed by atoms with van der Waals surface area (Å²) in [4.78, 5) is 2.83. The fraction of sp³-hybridized carbons (Fsp3) is 1.00. The number of nitrogens with one attached hydrogen (secondary N) is 1. The smallest absolute Gasteiger partial charge is 0.00670 e. The fourth-order valence-electron chi connectivity index (χ4n) is 7.29. The van der Waals surface area contributed by atoms with E-state index in [2.05, 4.69) is 37.9 Å². The third-order valence-electron chi connectivity index (χ3n) is 9.94. The zero-order valence-electron chi connectivity index (χ0n) is 25.6. The van der Waals surface area contributed by atoms with Crippen molar-refractivity contribution in [3.63, 3.8) is 0 Å². The van der Waals surface area contributed by atoms with Crippen molar-refractivity contribution in [2.45, 2.75) is 175 Å². The molecule has 1 aliphatic carbocycles. The van der Waals surface area contributed by atoms with Crippen molar-refractivity contribution in [3.05, 3.63) is 0 Å². The van der Waals surface area contributed by atoms with Gasteiger partial charge in [0.25, 0.3) is 0 Å². The molecule has 1 N–H and O–H groups in total. The number of rotatable bonds is 23. The minimum absolute atomic E-state index is 0.741. The second-order valence-corrected chi connectivity index (χ2v) is 13.2. The van der Waals surface area contributed by atoms with E-state index >= 15 is 0 Å². The van der Waals surface area contributed by atoms with Crippen LogP contribution in [0.5, 0.6) is 0 Å². The molecule has 0 bridgehead atoms. The first kappa shape index (κ1) is 32.1. The number of piperidine rings is 1. The Bertz CT molecular complexity index is 479. The van der Waals surface area contributed by atoms with Gasteiger partial charge in [-0.3, -0.25) is 0 Å². The average Bonchev–Trinajstić information content (AvgIpc) is 2.87. The van der Waals surface area contributed by atoms with Gasteiger partial charge in [-0.25, -0.2) is 0 Å². The Labute approximate surface area is 228 Å². The van der Waals surface area contributed by atoms with E-state index in [0.717, 1.165) is 23.3 Å². The van der Waals surface area contributed by atoms with E-state index in [1.54, 1.807) is 0 Å². The third kappa shape index (κ3) is 13.1. The van der Waals surface area contributed by atoms with Gasteiger partial charge < -0.3 is 10.2 Å². The minimum atomic E-state index is 0.741. The average molecular weight is 505 g/mol. The first-order valence-electron chi connectivity index (χ1n) is 17.1. The Kier molecular flexibility index (Phi) is 17.8. The van der Waals surface area contributed by atoms with Crippen molar-refractivity contribution >= 4 is 0 Å². The highest BCUT2D eigenvalue weighted by Crippen LogP contribution is 2.53. The number of likely N-dealkylation sites (tertiary alicyclic amines) is 1. The van der Waals surface area contributed by atoms with Gasteiger partial charge in [0.15, 0.2) is 0 Å². The monoisotopic (exact) mass is 505 g/mol. The summed E-state index contributed by atoms with van der Waals surface area (Å²) in [5.74, 6) is 2.00. The van der Waals surface area contributed by atoms with Crippen LogP contribution in [-0.4, -0.2) is 37.1 Å². The predicted octanol–water partition coefficient (Wildman–Crippen LogP) is 10.2. The van der Waals surface area contributed by atoms with E-state index in [0.29, 0.717) is 0 Å². The van der Waals surface area contributed by atoms with Gasteiger partial charge in [0.2, 0.25) is 0 Å². The topological polar surface area (TPSA) is 15.3 Å². The molecule has 214 valence electrons.